The lowest BCUT2D eigenvalue weighted by molar-refractivity contribution is 0.102. The Labute approximate surface area is 145 Å². The number of benzene rings is 1. The molecule has 0 radical (unpaired) electrons. The predicted octanol–water partition coefficient (Wildman–Crippen LogP) is 4.53. The van der Waals surface area contributed by atoms with E-state index in [1.807, 2.05) is 50.6 Å². The third-order valence-electron chi connectivity index (χ3n) is 3.87. The lowest BCUT2D eigenvalue weighted by Gasteiger charge is -2.11. The van der Waals surface area contributed by atoms with Crippen LogP contribution in [0.5, 0.6) is 0 Å². The molecule has 0 aliphatic rings. The van der Waals surface area contributed by atoms with Crippen LogP contribution in [0, 0.1) is 13.8 Å². The maximum Gasteiger partial charge on any atom is 0.257 e. The zero-order chi connectivity index (χ0) is 17.4. The van der Waals surface area contributed by atoms with Gasteiger partial charge in [0.2, 0.25) is 0 Å². The molecule has 0 bridgehead atoms. The van der Waals surface area contributed by atoms with Gasteiger partial charge in [0.1, 0.15) is 0 Å². The summed E-state index contributed by atoms with van der Waals surface area (Å²) in [5.74, 6) is -0.232. The summed E-state index contributed by atoms with van der Waals surface area (Å²) in [5.41, 5.74) is 3.59. The summed E-state index contributed by atoms with van der Waals surface area (Å²) in [6, 6.07) is 7.55. The van der Waals surface area contributed by atoms with E-state index < -0.39 is 0 Å². The number of anilines is 1. The summed E-state index contributed by atoms with van der Waals surface area (Å²) in [6.07, 6.45) is 1.73. The Hall–Kier alpha value is -2.40. The second kappa shape index (κ2) is 6.24. The average molecular weight is 343 g/mol. The lowest BCUT2D eigenvalue weighted by atomic mass is 10.1. The topological polar surface area (TPSA) is 59.8 Å². The van der Waals surface area contributed by atoms with Crippen molar-refractivity contribution in [1.29, 1.82) is 0 Å². The van der Waals surface area contributed by atoms with E-state index in [0.717, 1.165) is 16.6 Å². The molecule has 5 nitrogen and oxygen atoms in total. The monoisotopic (exact) mass is 342 g/mol. The fourth-order valence-corrected chi connectivity index (χ4v) is 2.87. The molecule has 1 N–H and O–H groups in total. The van der Waals surface area contributed by atoms with Gasteiger partial charge in [0, 0.05) is 11.4 Å². The van der Waals surface area contributed by atoms with E-state index in [0.29, 0.717) is 22.0 Å². The Bertz CT molecular complexity index is 930. The van der Waals surface area contributed by atoms with Crippen LogP contribution in [0.3, 0.4) is 0 Å². The van der Waals surface area contributed by atoms with Gasteiger partial charge in [-0.3, -0.25) is 4.79 Å². The molecule has 3 aromatic rings. The Morgan fingerprint density at radius 3 is 2.67 bits per heavy atom. The van der Waals surface area contributed by atoms with Crippen LogP contribution in [0.25, 0.3) is 11.0 Å². The normalized spacial score (nSPS) is 11.2. The van der Waals surface area contributed by atoms with Crippen molar-refractivity contribution in [2.24, 2.45) is 0 Å². The highest BCUT2D eigenvalue weighted by Crippen LogP contribution is 2.25. The molecule has 0 aliphatic carbocycles. The average Bonchev–Trinajstić information content (AvgIpc) is 2.92. The zero-order valence-corrected chi connectivity index (χ0v) is 14.8. The summed E-state index contributed by atoms with van der Waals surface area (Å²) < 4.78 is 1.85. The van der Waals surface area contributed by atoms with Crippen molar-refractivity contribution in [1.82, 2.24) is 14.8 Å². The highest BCUT2D eigenvalue weighted by molar-refractivity contribution is 6.34. The van der Waals surface area contributed by atoms with Crippen LogP contribution in [0.1, 0.15) is 41.5 Å². The molecule has 6 heteroatoms. The highest BCUT2D eigenvalue weighted by Gasteiger charge is 2.16. The van der Waals surface area contributed by atoms with Crippen LogP contribution in [0.4, 0.5) is 5.69 Å². The van der Waals surface area contributed by atoms with Crippen molar-refractivity contribution in [3.63, 3.8) is 0 Å². The van der Waals surface area contributed by atoms with E-state index in [9.17, 15) is 4.79 Å². The molecule has 0 saturated carbocycles. The third kappa shape index (κ3) is 2.99. The first kappa shape index (κ1) is 16.5. The zero-order valence-electron chi connectivity index (χ0n) is 14.1. The minimum atomic E-state index is -0.232. The number of amides is 1. The van der Waals surface area contributed by atoms with Crippen molar-refractivity contribution in [2.75, 3.05) is 5.32 Å². The van der Waals surface area contributed by atoms with Crippen molar-refractivity contribution < 1.29 is 4.79 Å². The van der Waals surface area contributed by atoms with Crippen molar-refractivity contribution in [2.45, 2.75) is 33.7 Å². The fraction of sp³-hybridized carbons (Fsp3) is 0.278. The van der Waals surface area contributed by atoms with E-state index >= 15 is 0 Å². The molecular weight excluding hydrogens is 324 g/mol. The quantitative estimate of drug-likeness (QED) is 0.760. The summed E-state index contributed by atoms with van der Waals surface area (Å²) in [6.45, 7) is 7.86. The molecule has 2 aromatic heterocycles. The number of aromatic nitrogens is 3. The van der Waals surface area contributed by atoms with Crippen LogP contribution >= 0.6 is 11.6 Å². The molecule has 0 saturated heterocycles. The first-order chi connectivity index (χ1) is 11.4. The van der Waals surface area contributed by atoms with Crippen LogP contribution < -0.4 is 5.32 Å². The van der Waals surface area contributed by atoms with Gasteiger partial charge in [0.05, 0.1) is 28.2 Å². The number of nitrogens with zero attached hydrogens (tertiary/aromatic N) is 3. The Balaban J connectivity index is 1.96. The molecule has 3 rings (SSSR count). The van der Waals surface area contributed by atoms with Crippen LogP contribution in [-0.4, -0.2) is 20.7 Å². The molecule has 0 atom stereocenters. The third-order valence-corrected chi connectivity index (χ3v) is 4.18. The van der Waals surface area contributed by atoms with E-state index in [4.69, 9.17) is 11.6 Å². The Kier molecular flexibility index (Phi) is 4.28. The second-order valence-corrected chi connectivity index (χ2v) is 6.56. The molecule has 1 aromatic carbocycles. The number of carbonyl (C=O) groups excluding carboxylic acids is 1. The van der Waals surface area contributed by atoms with Crippen molar-refractivity contribution >= 4 is 34.2 Å². The number of halogens is 1. The number of nitrogens with one attached hydrogen (secondary N) is 1. The number of fused-ring (bicyclic) bond motifs is 1. The maximum absolute atomic E-state index is 12.6. The van der Waals surface area contributed by atoms with Crippen LogP contribution in [-0.2, 0) is 0 Å². The minimum absolute atomic E-state index is 0.209. The number of pyridine rings is 1. The molecule has 2 heterocycles. The van der Waals surface area contributed by atoms with Crippen molar-refractivity contribution in [3.05, 3.63) is 52.3 Å². The summed E-state index contributed by atoms with van der Waals surface area (Å²) >= 11 is 6.19. The van der Waals surface area contributed by atoms with E-state index in [1.54, 1.807) is 12.3 Å². The van der Waals surface area contributed by atoms with Crippen molar-refractivity contribution in [3.8, 4) is 0 Å². The first-order valence-corrected chi connectivity index (χ1v) is 8.17. The Morgan fingerprint density at radius 2 is 2.00 bits per heavy atom. The van der Waals surface area contributed by atoms with Gasteiger partial charge >= 0.3 is 0 Å². The molecule has 0 fully saturated rings. The largest absolute Gasteiger partial charge is 0.321 e. The number of hydrogen-bond donors (Lipinski definition) is 1. The van der Waals surface area contributed by atoms with Crippen LogP contribution in [0.15, 0.2) is 30.5 Å². The van der Waals surface area contributed by atoms with Gasteiger partial charge in [0.25, 0.3) is 5.91 Å². The first-order valence-electron chi connectivity index (χ1n) is 7.79. The fourth-order valence-electron chi connectivity index (χ4n) is 2.58. The summed E-state index contributed by atoms with van der Waals surface area (Å²) in [7, 11) is 0. The van der Waals surface area contributed by atoms with E-state index in [1.165, 1.54) is 0 Å². The molecule has 1 amide bonds. The van der Waals surface area contributed by atoms with Gasteiger partial charge in [-0.2, -0.15) is 5.10 Å². The van der Waals surface area contributed by atoms with E-state index in [2.05, 4.69) is 15.4 Å². The number of carbonyl (C=O) groups is 1. The minimum Gasteiger partial charge on any atom is -0.321 e. The molecule has 0 unspecified atom stereocenters. The summed E-state index contributed by atoms with van der Waals surface area (Å²) in [5, 5.41) is 8.55. The van der Waals surface area contributed by atoms with Crippen LogP contribution in [0.2, 0.25) is 5.02 Å². The van der Waals surface area contributed by atoms with Gasteiger partial charge in [-0.15, -0.1) is 0 Å². The molecule has 0 aliphatic heterocycles. The molecular formula is C18H19ClN4O. The number of rotatable bonds is 3. The number of hydrogen-bond acceptors (Lipinski definition) is 3. The lowest BCUT2D eigenvalue weighted by Crippen LogP contribution is -2.15. The standard InChI is InChI=1S/C18H19ClN4O/c1-10(2)23-17-13(9-20-23)8-14(12(4)21-17)18(24)22-16-6-5-11(3)7-15(16)19/h5-10H,1-4H3,(H,22,24). The second-order valence-electron chi connectivity index (χ2n) is 6.15. The van der Waals surface area contributed by atoms with E-state index in [-0.39, 0.29) is 11.9 Å². The molecule has 124 valence electrons. The summed E-state index contributed by atoms with van der Waals surface area (Å²) in [4.78, 5) is 17.2. The van der Waals surface area contributed by atoms with Gasteiger partial charge in [-0.1, -0.05) is 17.7 Å². The predicted molar refractivity (Wildman–Crippen MR) is 96.8 cm³/mol. The van der Waals surface area contributed by atoms with Gasteiger partial charge in [0.15, 0.2) is 5.65 Å². The smallest absolute Gasteiger partial charge is 0.257 e. The van der Waals surface area contributed by atoms with Gasteiger partial charge in [-0.05, 0) is 51.5 Å². The number of aryl methyl sites for hydroxylation is 2. The molecule has 0 spiro atoms. The van der Waals surface area contributed by atoms with Gasteiger partial charge < -0.3 is 5.32 Å². The van der Waals surface area contributed by atoms with Gasteiger partial charge in [-0.25, -0.2) is 9.67 Å². The highest BCUT2D eigenvalue weighted by atomic mass is 35.5. The maximum atomic E-state index is 12.6. The molecule has 24 heavy (non-hydrogen) atoms. The Morgan fingerprint density at radius 1 is 1.25 bits per heavy atom. The SMILES string of the molecule is Cc1ccc(NC(=O)c2cc3cnn(C(C)C)c3nc2C)c(Cl)c1.